The van der Waals surface area contributed by atoms with E-state index in [0.717, 1.165) is 11.1 Å². The van der Waals surface area contributed by atoms with Gasteiger partial charge in [0.25, 0.3) is 0 Å². The van der Waals surface area contributed by atoms with Crippen LogP contribution in [-0.4, -0.2) is 20.1 Å². The molecule has 2 aromatic heterocycles. The molecule has 0 aliphatic carbocycles. The molecular formula is C18H20N4O2. The van der Waals surface area contributed by atoms with Crippen LogP contribution in [0, 0.1) is 13.8 Å². The van der Waals surface area contributed by atoms with Crippen molar-refractivity contribution in [3.8, 4) is 0 Å². The fourth-order valence-corrected chi connectivity index (χ4v) is 2.59. The van der Waals surface area contributed by atoms with Crippen molar-refractivity contribution < 1.29 is 4.79 Å². The van der Waals surface area contributed by atoms with Crippen molar-refractivity contribution in [3.63, 3.8) is 0 Å². The summed E-state index contributed by atoms with van der Waals surface area (Å²) in [5.41, 5.74) is 3.37. The second-order valence-electron chi connectivity index (χ2n) is 6.07. The maximum Gasteiger partial charge on any atom is 0.350 e. The van der Waals surface area contributed by atoms with E-state index in [9.17, 15) is 9.59 Å². The van der Waals surface area contributed by atoms with E-state index in [2.05, 4.69) is 10.4 Å². The Morgan fingerprint density at radius 2 is 1.79 bits per heavy atom. The number of aromatic nitrogens is 3. The average Bonchev–Trinajstić information content (AvgIpc) is 2.84. The Hall–Kier alpha value is -2.89. The summed E-state index contributed by atoms with van der Waals surface area (Å²) in [6.07, 6.45) is 1.72. The number of hydrogen-bond acceptors (Lipinski definition) is 3. The summed E-state index contributed by atoms with van der Waals surface area (Å²) < 4.78 is 2.64. The zero-order valence-electron chi connectivity index (χ0n) is 14.0. The molecule has 24 heavy (non-hydrogen) atoms. The highest BCUT2D eigenvalue weighted by atomic mass is 16.2. The summed E-state index contributed by atoms with van der Waals surface area (Å²) in [5, 5.41) is 7.09. The summed E-state index contributed by atoms with van der Waals surface area (Å²) in [6.45, 7) is 5.73. The highest BCUT2D eigenvalue weighted by Crippen LogP contribution is 2.12. The van der Waals surface area contributed by atoms with Gasteiger partial charge in [-0.2, -0.15) is 0 Å². The van der Waals surface area contributed by atoms with Gasteiger partial charge in [-0.1, -0.05) is 35.9 Å². The Morgan fingerprint density at radius 1 is 1.12 bits per heavy atom. The molecule has 1 aromatic carbocycles. The van der Waals surface area contributed by atoms with Crippen molar-refractivity contribution in [2.75, 3.05) is 0 Å². The SMILES string of the molecule is Cc1ccc([C@H](C)NC(=O)Cn2nc3ccc(C)cn3c2=O)cc1. The Morgan fingerprint density at radius 3 is 2.50 bits per heavy atom. The van der Waals surface area contributed by atoms with Gasteiger partial charge in [0, 0.05) is 6.20 Å². The maximum absolute atomic E-state index is 12.3. The zero-order chi connectivity index (χ0) is 17.3. The largest absolute Gasteiger partial charge is 0.350 e. The summed E-state index contributed by atoms with van der Waals surface area (Å²) in [4.78, 5) is 24.5. The van der Waals surface area contributed by atoms with Gasteiger partial charge in [0.15, 0.2) is 5.65 Å². The summed E-state index contributed by atoms with van der Waals surface area (Å²) in [7, 11) is 0. The molecule has 1 atom stereocenters. The summed E-state index contributed by atoms with van der Waals surface area (Å²) in [5.74, 6) is -0.245. The first-order valence-electron chi connectivity index (χ1n) is 7.86. The van der Waals surface area contributed by atoms with E-state index in [-0.39, 0.29) is 24.2 Å². The molecule has 0 unspecified atom stereocenters. The molecule has 6 heteroatoms. The predicted molar refractivity (Wildman–Crippen MR) is 91.9 cm³/mol. The minimum atomic E-state index is -0.313. The first kappa shape index (κ1) is 16.0. The number of rotatable bonds is 4. The number of nitrogens with zero attached hydrogens (tertiary/aromatic N) is 3. The van der Waals surface area contributed by atoms with Crippen LogP contribution in [0.15, 0.2) is 47.4 Å². The Balaban J connectivity index is 1.74. The number of amides is 1. The molecule has 1 amide bonds. The lowest BCUT2D eigenvalue weighted by Gasteiger charge is -2.14. The minimum absolute atomic E-state index is 0.101. The maximum atomic E-state index is 12.3. The second kappa shape index (κ2) is 6.31. The van der Waals surface area contributed by atoms with E-state index >= 15 is 0 Å². The molecule has 124 valence electrons. The molecule has 1 N–H and O–H groups in total. The van der Waals surface area contributed by atoms with Gasteiger partial charge in [-0.05, 0) is 38.0 Å². The number of hydrogen-bond donors (Lipinski definition) is 1. The van der Waals surface area contributed by atoms with Gasteiger partial charge in [-0.3, -0.25) is 9.20 Å². The van der Waals surface area contributed by atoms with Gasteiger partial charge in [0.1, 0.15) is 6.54 Å². The van der Waals surface area contributed by atoms with Crippen LogP contribution in [0.5, 0.6) is 0 Å². The topological polar surface area (TPSA) is 68.4 Å². The van der Waals surface area contributed by atoms with Crippen molar-refractivity contribution >= 4 is 11.6 Å². The van der Waals surface area contributed by atoms with Gasteiger partial charge in [-0.15, -0.1) is 5.10 Å². The molecule has 0 saturated carbocycles. The monoisotopic (exact) mass is 324 g/mol. The van der Waals surface area contributed by atoms with Crippen molar-refractivity contribution in [1.29, 1.82) is 0 Å². The first-order valence-corrected chi connectivity index (χ1v) is 7.86. The van der Waals surface area contributed by atoms with Crippen LogP contribution in [0.3, 0.4) is 0 Å². The molecule has 0 fully saturated rings. The number of carbonyl (C=O) groups excluding carboxylic acids is 1. The standard InChI is InChI=1S/C18H20N4O2/c1-12-4-7-15(8-5-12)14(3)19-17(23)11-22-18(24)21-10-13(2)6-9-16(21)20-22/h4-10,14H,11H2,1-3H3,(H,19,23)/t14-/m0/s1. The number of fused-ring (bicyclic) bond motifs is 1. The molecule has 0 spiro atoms. The zero-order valence-corrected chi connectivity index (χ0v) is 14.0. The highest BCUT2D eigenvalue weighted by Gasteiger charge is 2.13. The quantitative estimate of drug-likeness (QED) is 0.798. The molecule has 6 nitrogen and oxygen atoms in total. The van der Waals surface area contributed by atoms with E-state index in [1.807, 2.05) is 51.1 Å². The molecule has 0 aliphatic rings. The van der Waals surface area contributed by atoms with E-state index in [1.54, 1.807) is 12.3 Å². The van der Waals surface area contributed by atoms with Crippen molar-refractivity contribution in [1.82, 2.24) is 19.5 Å². The molecule has 2 heterocycles. The van der Waals surface area contributed by atoms with Crippen molar-refractivity contribution in [3.05, 3.63) is 69.8 Å². The number of aryl methyl sites for hydroxylation is 2. The third-order valence-corrected chi connectivity index (χ3v) is 3.97. The predicted octanol–water partition coefficient (Wildman–Crippen LogP) is 1.99. The van der Waals surface area contributed by atoms with Gasteiger partial charge < -0.3 is 5.32 Å². The second-order valence-corrected chi connectivity index (χ2v) is 6.07. The molecular weight excluding hydrogens is 304 g/mol. The number of carbonyl (C=O) groups is 1. The number of benzene rings is 1. The van der Waals surface area contributed by atoms with Gasteiger partial charge in [0.2, 0.25) is 5.91 Å². The molecule has 0 radical (unpaired) electrons. The van der Waals surface area contributed by atoms with Crippen LogP contribution in [0.25, 0.3) is 5.65 Å². The third-order valence-electron chi connectivity index (χ3n) is 3.97. The van der Waals surface area contributed by atoms with Crippen molar-refractivity contribution in [2.24, 2.45) is 0 Å². The number of pyridine rings is 1. The normalized spacial score (nSPS) is 12.3. The van der Waals surface area contributed by atoms with Crippen LogP contribution in [0.1, 0.15) is 29.7 Å². The number of nitrogens with one attached hydrogen (secondary N) is 1. The van der Waals surface area contributed by atoms with Crippen LogP contribution in [0.4, 0.5) is 0 Å². The highest BCUT2D eigenvalue weighted by molar-refractivity contribution is 5.76. The fourth-order valence-electron chi connectivity index (χ4n) is 2.59. The van der Waals surface area contributed by atoms with E-state index in [0.29, 0.717) is 5.65 Å². The minimum Gasteiger partial charge on any atom is -0.348 e. The Labute approximate surface area is 139 Å². The lowest BCUT2D eigenvalue weighted by atomic mass is 10.1. The van der Waals surface area contributed by atoms with Gasteiger partial charge >= 0.3 is 5.69 Å². The van der Waals surface area contributed by atoms with E-state index < -0.39 is 0 Å². The lowest BCUT2D eigenvalue weighted by Crippen LogP contribution is -2.34. The van der Waals surface area contributed by atoms with Crippen LogP contribution >= 0.6 is 0 Å². The summed E-state index contributed by atoms with van der Waals surface area (Å²) in [6, 6.07) is 11.5. The fraction of sp³-hybridized carbons (Fsp3) is 0.278. The molecule has 3 rings (SSSR count). The van der Waals surface area contributed by atoms with E-state index in [1.165, 1.54) is 14.6 Å². The lowest BCUT2D eigenvalue weighted by molar-refractivity contribution is -0.122. The third kappa shape index (κ3) is 3.22. The molecule has 0 saturated heterocycles. The van der Waals surface area contributed by atoms with Crippen molar-refractivity contribution in [2.45, 2.75) is 33.4 Å². The summed E-state index contributed by atoms with van der Waals surface area (Å²) >= 11 is 0. The molecule has 3 aromatic rings. The smallest absolute Gasteiger partial charge is 0.348 e. The average molecular weight is 324 g/mol. The van der Waals surface area contributed by atoms with E-state index in [4.69, 9.17) is 0 Å². The molecule has 0 aliphatic heterocycles. The van der Waals surface area contributed by atoms with Gasteiger partial charge in [-0.25, -0.2) is 9.48 Å². The molecule has 0 bridgehead atoms. The first-order chi connectivity index (χ1) is 11.4. The Bertz CT molecular complexity index is 938. The van der Waals surface area contributed by atoms with Crippen LogP contribution in [-0.2, 0) is 11.3 Å². The van der Waals surface area contributed by atoms with Gasteiger partial charge in [0.05, 0.1) is 6.04 Å². The Kier molecular flexibility index (Phi) is 4.20. The van der Waals surface area contributed by atoms with Crippen LogP contribution in [0.2, 0.25) is 0 Å². The van der Waals surface area contributed by atoms with Crippen LogP contribution < -0.4 is 11.0 Å².